The van der Waals surface area contributed by atoms with Crippen molar-refractivity contribution in [1.82, 2.24) is 9.97 Å². The van der Waals surface area contributed by atoms with Gasteiger partial charge in [-0.2, -0.15) is 0 Å². The van der Waals surface area contributed by atoms with Crippen LogP contribution in [0.5, 0.6) is 0 Å². The lowest BCUT2D eigenvalue weighted by atomic mass is 10.0. The summed E-state index contributed by atoms with van der Waals surface area (Å²) in [5.41, 5.74) is 2.10. The molecule has 2 aromatic heterocycles. The number of H-pyrrole nitrogens is 1. The molecule has 0 unspecified atom stereocenters. The average Bonchev–Trinajstić information content (AvgIpc) is 3.31. The van der Waals surface area contributed by atoms with Crippen molar-refractivity contribution in [2.24, 2.45) is 5.92 Å². The van der Waals surface area contributed by atoms with Crippen LogP contribution in [-0.2, 0) is 0 Å². The Labute approximate surface area is 138 Å². The van der Waals surface area contributed by atoms with E-state index in [9.17, 15) is 4.79 Å². The molecule has 0 atom stereocenters. The largest absolute Gasteiger partial charge is 0.369 e. The summed E-state index contributed by atoms with van der Waals surface area (Å²) in [6.07, 6.45) is 5.96. The fourth-order valence-electron chi connectivity index (χ4n) is 2.72. The number of anilines is 1. The number of hydrogen-bond donors (Lipinski definition) is 2. The Balaban J connectivity index is 1.70. The van der Waals surface area contributed by atoms with Gasteiger partial charge in [-0.3, -0.25) is 4.79 Å². The number of benzene rings is 1. The molecule has 5 heteroatoms. The van der Waals surface area contributed by atoms with Crippen LogP contribution < -0.4 is 5.32 Å². The van der Waals surface area contributed by atoms with Crippen molar-refractivity contribution >= 4 is 34.1 Å². The quantitative estimate of drug-likeness (QED) is 0.689. The van der Waals surface area contributed by atoms with Gasteiger partial charge in [-0.25, -0.2) is 4.98 Å². The number of carbonyl (C=O) groups is 1. The molecule has 0 amide bonds. The fourth-order valence-corrected chi connectivity index (χ4v) is 2.90. The molecule has 1 fully saturated rings. The van der Waals surface area contributed by atoms with Crippen molar-refractivity contribution in [2.45, 2.75) is 12.8 Å². The highest BCUT2D eigenvalue weighted by Gasteiger charge is 2.23. The minimum Gasteiger partial charge on any atom is -0.369 e. The summed E-state index contributed by atoms with van der Waals surface area (Å²) in [7, 11) is 0. The number of hydrogen-bond acceptors (Lipinski definition) is 3. The van der Waals surface area contributed by atoms with E-state index in [1.807, 2.05) is 18.2 Å². The number of halogens is 1. The molecule has 2 heterocycles. The maximum atomic E-state index is 13.0. The molecule has 1 saturated carbocycles. The van der Waals surface area contributed by atoms with E-state index in [1.165, 1.54) is 12.8 Å². The monoisotopic (exact) mass is 325 g/mol. The minimum absolute atomic E-state index is 0.0371. The molecule has 0 radical (unpaired) electrons. The van der Waals surface area contributed by atoms with Crippen molar-refractivity contribution in [3.05, 3.63) is 58.9 Å². The summed E-state index contributed by atoms with van der Waals surface area (Å²) >= 11 is 6.00. The van der Waals surface area contributed by atoms with Crippen LogP contribution in [0.3, 0.4) is 0 Å². The fraction of sp³-hybridized carbons (Fsp3) is 0.222. The normalized spacial score (nSPS) is 14.1. The Kier molecular flexibility index (Phi) is 3.54. The van der Waals surface area contributed by atoms with Gasteiger partial charge in [-0.05, 0) is 43.0 Å². The molecular weight excluding hydrogens is 310 g/mol. The molecular formula is C18H16ClN3O. The number of rotatable bonds is 5. The Morgan fingerprint density at radius 2 is 2.17 bits per heavy atom. The second-order valence-electron chi connectivity index (χ2n) is 5.95. The molecule has 1 aromatic carbocycles. The zero-order valence-corrected chi connectivity index (χ0v) is 13.2. The lowest BCUT2D eigenvalue weighted by Gasteiger charge is -2.09. The highest BCUT2D eigenvalue weighted by Crippen LogP contribution is 2.30. The summed E-state index contributed by atoms with van der Waals surface area (Å²) in [5, 5.41) is 4.83. The van der Waals surface area contributed by atoms with Crippen LogP contribution in [0.4, 0.5) is 5.82 Å². The summed E-state index contributed by atoms with van der Waals surface area (Å²) in [6.45, 7) is 0.876. The predicted molar refractivity (Wildman–Crippen MR) is 92.2 cm³/mol. The molecule has 0 saturated heterocycles. The lowest BCUT2D eigenvalue weighted by Crippen LogP contribution is -2.11. The van der Waals surface area contributed by atoms with Gasteiger partial charge in [0.25, 0.3) is 0 Å². The van der Waals surface area contributed by atoms with Gasteiger partial charge >= 0.3 is 0 Å². The molecule has 116 valence electrons. The van der Waals surface area contributed by atoms with Crippen LogP contribution in [-0.4, -0.2) is 22.3 Å². The first-order chi connectivity index (χ1) is 11.2. The molecule has 23 heavy (non-hydrogen) atoms. The van der Waals surface area contributed by atoms with Crippen LogP contribution in [0, 0.1) is 5.92 Å². The SMILES string of the molecule is O=C(c1cccnc1NCC1CC1)c1c[nH]c2cc(Cl)ccc12. The number of aromatic nitrogens is 2. The van der Waals surface area contributed by atoms with Gasteiger partial charge in [0.2, 0.25) is 0 Å². The standard InChI is InChI=1S/C18H16ClN3O/c19-12-5-6-13-15(10-21-16(13)8-12)17(23)14-2-1-7-20-18(14)22-9-11-3-4-11/h1-2,5-8,10-11,21H,3-4,9H2,(H,20,22). The number of ketones is 1. The maximum Gasteiger partial charge on any atom is 0.198 e. The first kappa shape index (κ1) is 14.3. The molecule has 4 rings (SSSR count). The van der Waals surface area contributed by atoms with Gasteiger partial charge in [0.15, 0.2) is 5.78 Å². The van der Waals surface area contributed by atoms with E-state index in [0.717, 1.165) is 23.4 Å². The zero-order chi connectivity index (χ0) is 15.8. The molecule has 0 bridgehead atoms. The molecule has 0 aliphatic heterocycles. The van der Waals surface area contributed by atoms with Crippen LogP contribution in [0.1, 0.15) is 28.8 Å². The molecule has 2 N–H and O–H groups in total. The highest BCUT2D eigenvalue weighted by molar-refractivity contribution is 6.31. The topological polar surface area (TPSA) is 57.8 Å². The summed E-state index contributed by atoms with van der Waals surface area (Å²) in [6, 6.07) is 9.10. The van der Waals surface area contributed by atoms with E-state index < -0.39 is 0 Å². The second-order valence-corrected chi connectivity index (χ2v) is 6.38. The van der Waals surface area contributed by atoms with Gasteiger partial charge < -0.3 is 10.3 Å². The first-order valence-corrected chi connectivity index (χ1v) is 8.10. The Morgan fingerprint density at radius 1 is 1.30 bits per heavy atom. The average molecular weight is 326 g/mol. The first-order valence-electron chi connectivity index (χ1n) is 7.72. The van der Waals surface area contributed by atoms with Crippen molar-refractivity contribution in [2.75, 3.05) is 11.9 Å². The van der Waals surface area contributed by atoms with Gasteiger partial charge in [0.05, 0.1) is 5.56 Å². The van der Waals surface area contributed by atoms with Crippen LogP contribution in [0.25, 0.3) is 10.9 Å². The number of aromatic amines is 1. The van der Waals surface area contributed by atoms with E-state index in [1.54, 1.807) is 24.5 Å². The molecule has 1 aliphatic rings. The van der Waals surface area contributed by atoms with E-state index in [0.29, 0.717) is 22.0 Å². The molecule has 1 aliphatic carbocycles. The second kappa shape index (κ2) is 5.70. The summed E-state index contributed by atoms with van der Waals surface area (Å²) < 4.78 is 0. The smallest absolute Gasteiger partial charge is 0.198 e. The van der Waals surface area contributed by atoms with Gasteiger partial charge in [-0.1, -0.05) is 17.7 Å². The Bertz CT molecular complexity index is 883. The Morgan fingerprint density at radius 3 is 3.00 bits per heavy atom. The number of carbonyl (C=O) groups excluding carboxylic acids is 1. The third-order valence-corrected chi connectivity index (χ3v) is 4.43. The van der Waals surface area contributed by atoms with Crippen molar-refractivity contribution in [1.29, 1.82) is 0 Å². The van der Waals surface area contributed by atoms with E-state index in [4.69, 9.17) is 11.6 Å². The van der Waals surface area contributed by atoms with Crippen molar-refractivity contribution in [3.8, 4) is 0 Å². The predicted octanol–water partition coefficient (Wildman–Crippen LogP) is 4.27. The van der Waals surface area contributed by atoms with Crippen LogP contribution in [0.2, 0.25) is 5.02 Å². The van der Waals surface area contributed by atoms with Gasteiger partial charge in [0, 0.05) is 40.4 Å². The number of fused-ring (bicyclic) bond motifs is 1. The number of nitrogens with zero attached hydrogens (tertiary/aromatic N) is 1. The van der Waals surface area contributed by atoms with E-state index in [2.05, 4.69) is 15.3 Å². The molecule has 3 aromatic rings. The number of nitrogens with one attached hydrogen (secondary N) is 2. The number of pyridine rings is 1. The molecule has 4 nitrogen and oxygen atoms in total. The zero-order valence-electron chi connectivity index (χ0n) is 12.5. The van der Waals surface area contributed by atoms with Crippen molar-refractivity contribution in [3.63, 3.8) is 0 Å². The van der Waals surface area contributed by atoms with E-state index in [-0.39, 0.29) is 5.78 Å². The van der Waals surface area contributed by atoms with Gasteiger partial charge in [-0.15, -0.1) is 0 Å². The summed E-state index contributed by atoms with van der Waals surface area (Å²) in [4.78, 5) is 20.4. The van der Waals surface area contributed by atoms with Gasteiger partial charge in [0.1, 0.15) is 5.82 Å². The third-order valence-electron chi connectivity index (χ3n) is 4.20. The maximum absolute atomic E-state index is 13.0. The third kappa shape index (κ3) is 2.82. The highest BCUT2D eigenvalue weighted by atomic mass is 35.5. The lowest BCUT2D eigenvalue weighted by molar-refractivity contribution is 0.104. The molecule has 0 spiro atoms. The van der Waals surface area contributed by atoms with E-state index >= 15 is 0 Å². The minimum atomic E-state index is -0.0371. The van der Waals surface area contributed by atoms with Crippen LogP contribution >= 0.6 is 11.6 Å². The summed E-state index contributed by atoms with van der Waals surface area (Å²) in [5.74, 6) is 1.34. The van der Waals surface area contributed by atoms with Crippen molar-refractivity contribution < 1.29 is 4.79 Å². The van der Waals surface area contributed by atoms with Crippen LogP contribution in [0.15, 0.2) is 42.7 Å². The Hall–Kier alpha value is -2.33.